The van der Waals surface area contributed by atoms with Gasteiger partial charge in [0.25, 0.3) is 0 Å². The number of hydrogen-bond acceptors (Lipinski definition) is 3. The molecule has 18 heavy (non-hydrogen) atoms. The minimum absolute atomic E-state index is 0.401. The lowest BCUT2D eigenvalue weighted by Gasteiger charge is -2.22. The first-order valence-electron chi connectivity index (χ1n) is 6.08. The van der Waals surface area contributed by atoms with Gasteiger partial charge in [-0.1, -0.05) is 30.7 Å². The average Bonchev–Trinajstić information content (AvgIpc) is 2.37. The largest absolute Gasteiger partial charge is 0.300 e. The van der Waals surface area contributed by atoms with Gasteiger partial charge in [0, 0.05) is 10.8 Å². The molecule has 1 atom stereocenters. The van der Waals surface area contributed by atoms with Gasteiger partial charge in [0.05, 0.1) is 6.07 Å². The Labute approximate surface area is 119 Å². The van der Waals surface area contributed by atoms with Crippen molar-refractivity contribution in [2.75, 3.05) is 12.3 Å². The van der Waals surface area contributed by atoms with Crippen LogP contribution in [-0.4, -0.2) is 17.8 Å². The summed E-state index contributed by atoms with van der Waals surface area (Å²) < 4.78 is 0. The fraction of sp³-hybridized carbons (Fsp3) is 0.500. The van der Waals surface area contributed by atoms with Crippen LogP contribution in [0.15, 0.2) is 24.3 Å². The van der Waals surface area contributed by atoms with Crippen LogP contribution in [0.25, 0.3) is 0 Å². The van der Waals surface area contributed by atoms with Crippen LogP contribution in [0.3, 0.4) is 0 Å². The maximum Gasteiger partial charge on any atom is 0.104 e. The van der Waals surface area contributed by atoms with E-state index in [1.165, 1.54) is 5.56 Å². The molecular weight excluding hydrogens is 264 g/mol. The monoisotopic (exact) mass is 282 g/mol. The van der Waals surface area contributed by atoms with E-state index >= 15 is 0 Å². The lowest BCUT2D eigenvalue weighted by atomic mass is 10.0. The third-order valence-electron chi connectivity index (χ3n) is 2.74. The van der Waals surface area contributed by atoms with Crippen LogP contribution in [0.5, 0.6) is 0 Å². The Balaban J connectivity index is 2.30. The zero-order valence-electron chi connectivity index (χ0n) is 10.9. The van der Waals surface area contributed by atoms with E-state index in [1.807, 2.05) is 49.9 Å². The number of nitrogens with one attached hydrogen (secondary N) is 1. The SMILES string of the molecule is CCNC(C)(C#N)CCSCc1ccc(Cl)cc1. The normalized spacial score (nSPS) is 13.9. The summed E-state index contributed by atoms with van der Waals surface area (Å²) >= 11 is 7.68. The molecule has 0 radical (unpaired) electrons. The highest BCUT2D eigenvalue weighted by Gasteiger charge is 2.21. The molecule has 0 saturated heterocycles. The summed E-state index contributed by atoms with van der Waals surface area (Å²) in [5, 5.41) is 13.1. The van der Waals surface area contributed by atoms with Crippen molar-refractivity contribution in [3.8, 4) is 6.07 Å². The van der Waals surface area contributed by atoms with Crippen molar-refractivity contribution in [1.29, 1.82) is 5.26 Å². The van der Waals surface area contributed by atoms with Crippen molar-refractivity contribution in [3.05, 3.63) is 34.9 Å². The molecule has 0 fully saturated rings. The van der Waals surface area contributed by atoms with Gasteiger partial charge in [0.1, 0.15) is 5.54 Å². The fourth-order valence-corrected chi connectivity index (χ4v) is 2.87. The van der Waals surface area contributed by atoms with Crippen LogP contribution >= 0.6 is 23.4 Å². The highest BCUT2D eigenvalue weighted by molar-refractivity contribution is 7.98. The number of halogens is 1. The Hall–Kier alpha value is -0.690. The maximum absolute atomic E-state index is 9.13. The van der Waals surface area contributed by atoms with Crippen molar-refractivity contribution >= 4 is 23.4 Å². The van der Waals surface area contributed by atoms with E-state index in [-0.39, 0.29) is 0 Å². The minimum Gasteiger partial charge on any atom is -0.300 e. The minimum atomic E-state index is -0.401. The van der Waals surface area contributed by atoms with Crippen LogP contribution in [0.2, 0.25) is 5.02 Å². The number of hydrogen-bond donors (Lipinski definition) is 1. The van der Waals surface area contributed by atoms with E-state index in [4.69, 9.17) is 16.9 Å². The van der Waals surface area contributed by atoms with E-state index in [1.54, 1.807) is 0 Å². The molecule has 0 aliphatic heterocycles. The number of thioether (sulfide) groups is 1. The van der Waals surface area contributed by atoms with Gasteiger partial charge >= 0.3 is 0 Å². The fourth-order valence-electron chi connectivity index (χ4n) is 1.62. The van der Waals surface area contributed by atoms with E-state index in [9.17, 15) is 0 Å². The molecule has 0 bridgehead atoms. The Kier molecular flexibility index (Phi) is 6.56. The number of rotatable bonds is 7. The molecule has 0 aliphatic carbocycles. The predicted octanol–water partition coefficient (Wildman–Crippen LogP) is 3.86. The topological polar surface area (TPSA) is 35.8 Å². The molecule has 0 heterocycles. The first-order chi connectivity index (χ1) is 8.59. The van der Waals surface area contributed by atoms with Crippen molar-refractivity contribution in [1.82, 2.24) is 5.32 Å². The van der Waals surface area contributed by atoms with Crippen LogP contribution < -0.4 is 5.32 Å². The molecule has 1 N–H and O–H groups in total. The van der Waals surface area contributed by atoms with Gasteiger partial charge < -0.3 is 0 Å². The molecule has 0 aromatic heterocycles. The summed E-state index contributed by atoms with van der Waals surface area (Å²) in [6, 6.07) is 10.3. The molecule has 1 aromatic rings. The van der Waals surface area contributed by atoms with E-state index in [0.717, 1.165) is 29.5 Å². The second-order valence-electron chi connectivity index (χ2n) is 4.40. The zero-order chi connectivity index (χ0) is 13.4. The third kappa shape index (κ3) is 5.30. The van der Waals surface area contributed by atoms with Crippen molar-refractivity contribution in [3.63, 3.8) is 0 Å². The maximum atomic E-state index is 9.13. The Morgan fingerprint density at radius 1 is 1.39 bits per heavy atom. The number of benzene rings is 1. The second kappa shape index (κ2) is 7.68. The van der Waals surface area contributed by atoms with Crippen LogP contribution in [0.1, 0.15) is 25.8 Å². The first kappa shape index (κ1) is 15.4. The van der Waals surface area contributed by atoms with Crippen molar-refractivity contribution in [2.45, 2.75) is 31.6 Å². The molecule has 0 spiro atoms. The van der Waals surface area contributed by atoms with Gasteiger partial charge in [0.15, 0.2) is 0 Å². The summed E-state index contributed by atoms with van der Waals surface area (Å²) in [7, 11) is 0. The summed E-state index contributed by atoms with van der Waals surface area (Å²) in [5.41, 5.74) is 0.869. The van der Waals surface area contributed by atoms with Gasteiger partial charge in [-0.2, -0.15) is 17.0 Å². The van der Waals surface area contributed by atoms with Gasteiger partial charge in [-0.25, -0.2) is 0 Å². The molecule has 4 heteroatoms. The quantitative estimate of drug-likeness (QED) is 0.772. The lowest BCUT2D eigenvalue weighted by molar-refractivity contribution is 0.450. The molecule has 1 aromatic carbocycles. The third-order valence-corrected chi connectivity index (χ3v) is 4.02. The van der Waals surface area contributed by atoms with Gasteiger partial charge in [-0.3, -0.25) is 5.32 Å². The smallest absolute Gasteiger partial charge is 0.104 e. The molecule has 1 unspecified atom stereocenters. The summed E-state index contributed by atoms with van der Waals surface area (Å²) in [6.07, 6.45) is 0.857. The number of nitrogens with zero attached hydrogens (tertiary/aromatic N) is 1. The number of nitriles is 1. The van der Waals surface area contributed by atoms with E-state index in [2.05, 4.69) is 11.4 Å². The highest BCUT2D eigenvalue weighted by atomic mass is 35.5. The Morgan fingerprint density at radius 2 is 2.06 bits per heavy atom. The van der Waals surface area contributed by atoms with Gasteiger partial charge in [-0.15, -0.1) is 0 Å². The lowest BCUT2D eigenvalue weighted by Crippen LogP contribution is -2.41. The highest BCUT2D eigenvalue weighted by Crippen LogP contribution is 2.19. The Morgan fingerprint density at radius 3 is 2.61 bits per heavy atom. The van der Waals surface area contributed by atoms with Gasteiger partial charge in [-0.05, 0) is 43.3 Å². The zero-order valence-corrected chi connectivity index (χ0v) is 12.4. The summed E-state index contributed by atoms with van der Waals surface area (Å²) in [5.74, 6) is 1.94. The molecule has 2 nitrogen and oxygen atoms in total. The molecule has 0 saturated carbocycles. The van der Waals surface area contributed by atoms with Crippen LogP contribution in [0, 0.1) is 11.3 Å². The van der Waals surface area contributed by atoms with Gasteiger partial charge in [0.2, 0.25) is 0 Å². The van der Waals surface area contributed by atoms with Crippen LogP contribution in [0.4, 0.5) is 0 Å². The van der Waals surface area contributed by atoms with Crippen molar-refractivity contribution in [2.24, 2.45) is 0 Å². The van der Waals surface area contributed by atoms with E-state index in [0.29, 0.717) is 0 Å². The first-order valence-corrected chi connectivity index (χ1v) is 7.61. The summed E-state index contributed by atoms with van der Waals surface area (Å²) in [4.78, 5) is 0. The molecule has 98 valence electrons. The molecule has 0 aliphatic rings. The molecular formula is C14H19ClN2S. The Bertz CT molecular complexity index is 399. The molecule has 0 amide bonds. The predicted molar refractivity (Wildman–Crippen MR) is 79.9 cm³/mol. The van der Waals surface area contributed by atoms with Crippen LogP contribution in [-0.2, 0) is 5.75 Å². The second-order valence-corrected chi connectivity index (χ2v) is 5.94. The molecule has 1 rings (SSSR count). The summed E-state index contributed by atoms with van der Waals surface area (Å²) in [6.45, 7) is 4.81. The van der Waals surface area contributed by atoms with Crippen molar-refractivity contribution < 1.29 is 0 Å². The van der Waals surface area contributed by atoms with E-state index < -0.39 is 5.54 Å². The standard InChI is InChI=1S/C14H19ClN2S/c1-3-17-14(2,11-16)8-9-18-10-12-4-6-13(15)7-5-12/h4-7,17H,3,8-10H2,1-2H3. The average molecular weight is 283 g/mol.